The average molecular weight is 320 g/mol. The quantitative estimate of drug-likeness (QED) is 0.732. The summed E-state index contributed by atoms with van der Waals surface area (Å²) in [6.07, 6.45) is 3.58. The van der Waals surface area contributed by atoms with E-state index in [4.69, 9.17) is 9.47 Å². The lowest BCUT2D eigenvalue weighted by atomic mass is 10.0. The largest absolute Gasteiger partial charge is 0.497 e. The van der Waals surface area contributed by atoms with Crippen molar-refractivity contribution in [1.29, 1.82) is 0 Å². The van der Waals surface area contributed by atoms with Crippen molar-refractivity contribution in [1.82, 2.24) is 4.98 Å². The Bertz CT molecular complexity index is 804. The third-order valence-corrected chi connectivity index (χ3v) is 3.80. The average Bonchev–Trinajstić information content (AvgIpc) is 2.67. The van der Waals surface area contributed by atoms with Gasteiger partial charge in [-0.15, -0.1) is 0 Å². The minimum Gasteiger partial charge on any atom is -0.497 e. The van der Waals surface area contributed by atoms with Gasteiger partial charge in [-0.3, -0.25) is 4.98 Å². The van der Waals surface area contributed by atoms with Crippen LogP contribution in [-0.4, -0.2) is 19.2 Å². The molecule has 0 aliphatic carbocycles. The summed E-state index contributed by atoms with van der Waals surface area (Å²) in [4.78, 5) is 4.11. The molecule has 0 spiro atoms. The van der Waals surface area contributed by atoms with Crippen LogP contribution in [0.2, 0.25) is 0 Å². The van der Waals surface area contributed by atoms with Crippen molar-refractivity contribution in [3.05, 3.63) is 72.6 Å². The summed E-state index contributed by atoms with van der Waals surface area (Å²) in [7, 11) is 3.36. The van der Waals surface area contributed by atoms with E-state index in [0.29, 0.717) is 6.54 Å². The molecule has 0 atom stereocenters. The second kappa shape index (κ2) is 7.51. The maximum absolute atomic E-state index is 5.52. The fourth-order valence-electron chi connectivity index (χ4n) is 2.55. The van der Waals surface area contributed by atoms with Gasteiger partial charge >= 0.3 is 0 Å². The Hall–Kier alpha value is -3.01. The highest BCUT2D eigenvalue weighted by molar-refractivity contribution is 5.72. The summed E-state index contributed by atoms with van der Waals surface area (Å²) in [5.41, 5.74) is 4.27. The molecule has 4 nitrogen and oxygen atoms in total. The number of aromatic nitrogens is 1. The summed E-state index contributed by atoms with van der Waals surface area (Å²) < 4.78 is 10.8. The van der Waals surface area contributed by atoms with Gasteiger partial charge in [0.2, 0.25) is 0 Å². The van der Waals surface area contributed by atoms with Crippen molar-refractivity contribution in [2.75, 3.05) is 19.5 Å². The number of hydrogen-bond acceptors (Lipinski definition) is 4. The number of pyridine rings is 1. The zero-order valence-electron chi connectivity index (χ0n) is 13.8. The molecule has 122 valence electrons. The number of ether oxygens (including phenoxy) is 2. The van der Waals surface area contributed by atoms with Gasteiger partial charge in [0.1, 0.15) is 11.5 Å². The maximum atomic E-state index is 5.52. The fourth-order valence-corrected chi connectivity index (χ4v) is 2.55. The number of benzene rings is 2. The predicted molar refractivity (Wildman–Crippen MR) is 96.5 cm³/mol. The first-order chi connectivity index (χ1) is 11.8. The van der Waals surface area contributed by atoms with Gasteiger partial charge in [0.15, 0.2) is 0 Å². The van der Waals surface area contributed by atoms with Gasteiger partial charge in [-0.25, -0.2) is 0 Å². The Morgan fingerprint density at radius 1 is 0.958 bits per heavy atom. The molecule has 0 saturated carbocycles. The van der Waals surface area contributed by atoms with Crippen LogP contribution in [0, 0.1) is 0 Å². The van der Waals surface area contributed by atoms with Crippen molar-refractivity contribution in [3.63, 3.8) is 0 Å². The van der Waals surface area contributed by atoms with Crippen LogP contribution in [0.5, 0.6) is 11.5 Å². The third-order valence-electron chi connectivity index (χ3n) is 3.80. The van der Waals surface area contributed by atoms with Crippen molar-refractivity contribution in [3.8, 4) is 22.6 Å². The van der Waals surface area contributed by atoms with Crippen LogP contribution in [0.25, 0.3) is 11.1 Å². The molecule has 1 aromatic heterocycles. The van der Waals surface area contributed by atoms with E-state index < -0.39 is 0 Å². The van der Waals surface area contributed by atoms with Gasteiger partial charge in [0.05, 0.1) is 19.9 Å². The fraction of sp³-hybridized carbons (Fsp3) is 0.150. The van der Waals surface area contributed by atoms with Crippen molar-refractivity contribution >= 4 is 5.69 Å². The molecule has 3 rings (SSSR count). The number of methoxy groups -OCH3 is 2. The van der Waals surface area contributed by atoms with E-state index in [0.717, 1.165) is 33.9 Å². The van der Waals surface area contributed by atoms with Gasteiger partial charge < -0.3 is 14.8 Å². The van der Waals surface area contributed by atoms with Gasteiger partial charge in [-0.05, 0) is 47.5 Å². The maximum Gasteiger partial charge on any atom is 0.126 e. The van der Waals surface area contributed by atoms with E-state index in [1.165, 1.54) is 0 Å². The first-order valence-corrected chi connectivity index (χ1v) is 7.75. The molecule has 2 aromatic carbocycles. The molecule has 1 N–H and O–H groups in total. The number of nitrogens with one attached hydrogen (secondary N) is 1. The molecular formula is C20H20N2O2. The Labute approximate surface area is 142 Å². The lowest BCUT2D eigenvalue weighted by Crippen LogP contribution is -2.00. The van der Waals surface area contributed by atoms with E-state index >= 15 is 0 Å². The summed E-state index contributed by atoms with van der Waals surface area (Å²) >= 11 is 0. The van der Waals surface area contributed by atoms with Crippen molar-refractivity contribution in [2.45, 2.75) is 6.54 Å². The third kappa shape index (κ3) is 3.66. The first kappa shape index (κ1) is 15.9. The standard InChI is InChI=1S/C20H20N2O2/c1-23-18-7-3-5-16(12-18)19-11-15(8-9-20(19)24-2)13-22-17-6-4-10-21-14-17/h3-12,14,22H,13H2,1-2H3. The Balaban J connectivity index is 1.87. The minimum atomic E-state index is 0.715. The predicted octanol–water partition coefficient (Wildman–Crippen LogP) is 4.38. The van der Waals surface area contributed by atoms with Crippen molar-refractivity contribution < 1.29 is 9.47 Å². The highest BCUT2D eigenvalue weighted by Gasteiger charge is 2.08. The van der Waals surface area contributed by atoms with Crippen LogP contribution in [0.4, 0.5) is 5.69 Å². The van der Waals surface area contributed by atoms with Gasteiger partial charge in [0.25, 0.3) is 0 Å². The van der Waals surface area contributed by atoms with Crippen LogP contribution in [-0.2, 0) is 6.54 Å². The molecule has 0 bridgehead atoms. The van der Waals surface area contributed by atoms with Crippen LogP contribution < -0.4 is 14.8 Å². The summed E-state index contributed by atoms with van der Waals surface area (Å²) in [5, 5.41) is 3.37. The van der Waals surface area contributed by atoms with Gasteiger partial charge in [-0.1, -0.05) is 18.2 Å². The SMILES string of the molecule is COc1cccc(-c2cc(CNc3cccnc3)ccc2OC)c1. The Kier molecular flexibility index (Phi) is 4.96. The Morgan fingerprint density at radius 2 is 1.88 bits per heavy atom. The molecule has 24 heavy (non-hydrogen) atoms. The normalized spacial score (nSPS) is 10.2. The van der Waals surface area contributed by atoms with E-state index in [1.54, 1.807) is 20.4 Å². The van der Waals surface area contributed by atoms with Crippen LogP contribution in [0.3, 0.4) is 0 Å². The second-order valence-corrected chi connectivity index (χ2v) is 5.36. The lowest BCUT2D eigenvalue weighted by Gasteiger charge is -2.13. The highest BCUT2D eigenvalue weighted by Crippen LogP contribution is 2.33. The number of rotatable bonds is 6. The number of nitrogens with zero attached hydrogens (tertiary/aromatic N) is 1. The Morgan fingerprint density at radius 3 is 2.62 bits per heavy atom. The zero-order chi connectivity index (χ0) is 16.8. The molecule has 0 unspecified atom stereocenters. The summed E-state index contributed by atoms with van der Waals surface area (Å²) in [6, 6.07) is 18.1. The summed E-state index contributed by atoms with van der Waals surface area (Å²) in [6.45, 7) is 0.715. The smallest absolute Gasteiger partial charge is 0.126 e. The van der Waals surface area contributed by atoms with E-state index in [-0.39, 0.29) is 0 Å². The van der Waals surface area contributed by atoms with Crippen molar-refractivity contribution in [2.24, 2.45) is 0 Å². The molecule has 0 fully saturated rings. The molecule has 3 aromatic rings. The van der Waals surface area contributed by atoms with Crippen LogP contribution in [0.1, 0.15) is 5.56 Å². The van der Waals surface area contributed by atoms with Crippen LogP contribution in [0.15, 0.2) is 67.0 Å². The van der Waals surface area contributed by atoms with Gasteiger partial charge in [0, 0.05) is 24.5 Å². The van der Waals surface area contributed by atoms with Gasteiger partial charge in [-0.2, -0.15) is 0 Å². The molecule has 0 amide bonds. The van der Waals surface area contributed by atoms with Crippen LogP contribution >= 0.6 is 0 Å². The topological polar surface area (TPSA) is 43.4 Å². The lowest BCUT2D eigenvalue weighted by molar-refractivity contribution is 0.413. The zero-order valence-corrected chi connectivity index (χ0v) is 13.8. The molecule has 1 heterocycles. The number of hydrogen-bond donors (Lipinski definition) is 1. The second-order valence-electron chi connectivity index (χ2n) is 5.36. The highest BCUT2D eigenvalue weighted by atomic mass is 16.5. The molecular weight excluding hydrogens is 300 g/mol. The molecule has 0 radical (unpaired) electrons. The monoisotopic (exact) mass is 320 g/mol. The van der Waals surface area contributed by atoms with E-state index in [9.17, 15) is 0 Å². The van der Waals surface area contributed by atoms with E-state index in [2.05, 4.69) is 28.5 Å². The molecule has 0 saturated heterocycles. The van der Waals surface area contributed by atoms with E-state index in [1.807, 2.05) is 42.6 Å². The first-order valence-electron chi connectivity index (χ1n) is 7.75. The minimum absolute atomic E-state index is 0.715. The summed E-state index contributed by atoms with van der Waals surface area (Å²) in [5.74, 6) is 1.67. The molecule has 4 heteroatoms. The molecule has 0 aliphatic rings. The molecule has 0 aliphatic heterocycles. The number of anilines is 1.